The van der Waals surface area contributed by atoms with Crippen LogP contribution < -0.4 is 16.0 Å². The summed E-state index contributed by atoms with van der Waals surface area (Å²) in [5, 5.41) is 38.1. The molecule has 0 fully saturated rings. The van der Waals surface area contributed by atoms with E-state index in [1.807, 2.05) is 36.4 Å². The van der Waals surface area contributed by atoms with Crippen LogP contribution in [0.2, 0.25) is 10.0 Å². The fourth-order valence-electron chi connectivity index (χ4n) is 5.00. The summed E-state index contributed by atoms with van der Waals surface area (Å²) in [5.41, 5.74) is 3.70. The lowest BCUT2D eigenvalue weighted by Crippen LogP contribution is -2.09. The Labute approximate surface area is 329 Å². The molecule has 6 aromatic rings. The predicted molar refractivity (Wildman–Crippen MR) is 214 cm³/mol. The van der Waals surface area contributed by atoms with Crippen molar-refractivity contribution in [2.24, 2.45) is 20.5 Å². The topological polar surface area (TPSA) is 207 Å². The van der Waals surface area contributed by atoms with Gasteiger partial charge in [0.15, 0.2) is 16.6 Å². The Kier molecular flexibility index (Phi) is 11.9. The summed E-state index contributed by atoms with van der Waals surface area (Å²) in [4.78, 5) is 21.0. The first-order valence-electron chi connectivity index (χ1n) is 16.2. The Bertz CT molecular complexity index is 2610. The molecular weight excluding hydrogens is 784 g/mol. The van der Waals surface area contributed by atoms with E-state index in [1.165, 1.54) is 12.1 Å². The number of nitriles is 1. The predicted octanol–water partition coefficient (Wildman–Crippen LogP) is 11.6. The quantitative estimate of drug-likeness (QED) is 0.0684. The lowest BCUT2D eigenvalue weighted by Gasteiger charge is -2.16. The number of carbonyl (C=O) groups excluding carboxylic acids is 1. The maximum absolute atomic E-state index is 12.1. The smallest absolute Gasteiger partial charge is 0.296 e. The fraction of sp³-hybridized carbons (Fsp3) is 0.0811. The highest BCUT2D eigenvalue weighted by molar-refractivity contribution is 7.86. The van der Waals surface area contributed by atoms with Gasteiger partial charge in [-0.1, -0.05) is 71.8 Å². The molecule has 14 nitrogen and oxygen atoms in total. The third kappa shape index (κ3) is 9.54. The van der Waals surface area contributed by atoms with Gasteiger partial charge in [0.1, 0.15) is 22.3 Å². The van der Waals surface area contributed by atoms with E-state index >= 15 is 0 Å². The zero-order valence-corrected chi connectivity index (χ0v) is 32.0. The van der Waals surface area contributed by atoms with Gasteiger partial charge in [-0.3, -0.25) is 9.35 Å². The van der Waals surface area contributed by atoms with E-state index in [0.29, 0.717) is 50.3 Å². The Morgan fingerprint density at radius 3 is 2.29 bits per heavy atom. The van der Waals surface area contributed by atoms with E-state index in [0.717, 1.165) is 17.4 Å². The standard InChI is InChI=1S/C37H28Cl2N10O4S2/c1-3-31(50)41-26-11-7-8-22(18-26)33-36(48-46-25-9-5-4-6-10-25)54-37(44-33)49-47-32-21(2)28(20-40)34(45-35(32)42-24-14-12-23(38)13-15-24)43-27-16-17-29(39)30(19-27)55(51,52)53/h4-19H,3H2,1-2H3,(H,41,50)(H2,42,43,45)(H,51,52,53). The summed E-state index contributed by atoms with van der Waals surface area (Å²) in [6, 6.07) is 29.1. The number of benzene rings is 4. The first-order chi connectivity index (χ1) is 26.4. The molecule has 18 heteroatoms. The van der Waals surface area contributed by atoms with Crippen LogP contribution in [0.4, 0.5) is 50.2 Å². The van der Waals surface area contributed by atoms with Gasteiger partial charge in [0.2, 0.25) is 11.0 Å². The molecular formula is C37H28Cl2N10O4S2. The molecule has 6 rings (SSSR count). The van der Waals surface area contributed by atoms with Gasteiger partial charge in [-0.15, -0.1) is 20.5 Å². The van der Waals surface area contributed by atoms with Crippen molar-refractivity contribution in [3.05, 3.63) is 118 Å². The van der Waals surface area contributed by atoms with Gasteiger partial charge in [0.25, 0.3) is 10.1 Å². The van der Waals surface area contributed by atoms with Crippen molar-refractivity contribution >= 4 is 101 Å². The summed E-state index contributed by atoms with van der Waals surface area (Å²) < 4.78 is 33.5. The van der Waals surface area contributed by atoms with Crippen molar-refractivity contribution in [1.82, 2.24) is 9.97 Å². The van der Waals surface area contributed by atoms with Crippen LogP contribution in [0.5, 0.6) is 0 Å². The minimum Gasteiger partial charge on any atom is -0.339 e. The molecule has 0 aliphatic carbocycles. The summed E-state index contributed by atoms with van der Waals surface area (Å²) in [7, 11) is -4.65. The molecule has 0 aliphatic heterocycles. The number of nitrogens with one attached hydrogen (secondary N) is 3. The van der Waals surface area contributed by atoms with Crippen LogP contribution in [-0.2, 0) is 14.9 Å². The van der Waals surface area contributed by atoms with Gasteiger partial charge in [0.05, 0.1) is 16.3 Å². The average Bonchev–Trinajstić information content (AvgIpc) is 3.58. The molecule has 0 saturated heterocycles. The second-order valence-corrected chi connectivity index (χ2v) is 14.7. The zero-order valence-electron chi connectivity index (χ0n) is 28.8. The maximum Gasteiger partial charge on any atom is 0.296 e. The fourth-order valence-corrected chi connectivity index (χ4v) is 6.86. The summed E-state index contributed by atoms with van der Waals surface area (Å²) >= 11 is 13.3. The largest absolute Gasteiger partial charge is 0.339 e. The van der Waals surface area contributed by atoms with Gasteiger partial charge >= 0.3 is 0 Å². The molecule has 4 N–H and O–H groups in total. The number of hydrogen-bond acceptors (Lipinski definition) is 13. The molecule has 276 valence electrons. The first-order valence-corrected chi connectivity index (χ1v) is 19.2. The lowest BCUT2D eigenvalue weighted by molar-refractivity contribution is -0.115. The molecule has 2 heterocycles. The summed E-state index contributed by atoms with van der Waals surface area (Å²) in [6.07, 6.45) is 0.311. The first kappa shape index (κ1) is 38.6. The second kappa shape index (κ2) is 16.9. The van der Waals surface area contributed by atoms with Gasteiger partial charge in [-0.25, -0.2) is 9.97 Å². The van der Waals surface area contributed by atoms with E-state index in [1.54, 1.807) is 56.3 Å². The molecule has 0 radical (unpaired) electrons. The minimum atomic E-state index is -4.65. The highest BCUT2D eigenvalue weighted by atomic mass is 35.5. The van der Waals surface area contributed by atoms with Gasteiger partial charge in [0, 0.05) is 39.6 Å². The minimum absolute atomic E-state index is 0.0502. The molecule has 55 heavy (non-hydrogen) atoms. The molecule has 0 atom stereocenters. The molecule has 0 aliphatic rings. The third-order valence-electron chi connectivity index (χ3n) is 7.69. The highest BCUT2D eigenvalue weighted by Gasteiger charge is 2.21. The summed E-state index contributed by atoms with van der Waals surface area (Å²) in [6.45, 7) is 3.42. The third-order valence-corrected chi connectivity index (χ3v) is 10.1. The molecule has 1 amide bonds. The molecule has 0 saturated carbocycles. The number of amides is 1. The van der Waals surface area contributed by atoms with Crippen molar-refractivity contribution in [3.8, 4) is 17.3 Å². The van der Waals surface area contributed by atoms with E-state index in [-0.39, 0.29) is 44.6 Å². The summed E-state index contributed by atoms with van der Waals surface area (Å²) in [5.74, 6) is 0.0817. The van der Waals surface area contributed by atoms with E-state index in [2.05, 4.69) is 47.5 Å². The van der Waals surface area contributed by atoms with Crippen LogP contribution in [0.1, 0.15) is 24.5 Å². The average molecular weight is 812 g/mol. The zero-order chi connectivity index (χ0) is 39.1. The van der Waals surface area contributed by atoms with Gasteiger partial charge in [-0.2, -0.15) is 13.7 Å². The second-order valence-electron chi connectivity index (χ2n) is 11.5. The maximum atomic E-state index is 12.1. The van der Waals surface area contributed by atoms with Crippen LogP contribution in [0.25, 0.3) is 11.3 Å². The van der Waals surface area contributed by atoms with Crippen molar-refractivity contribution in [2.75, 3.05) is 16.0 Å². The van der Waals surface area contributed by atoms with Crippen LogP contribution in [0, 0.1) is 18.3 Å². The number of thiazole rings is 1. The monoisotopic (exact) mass is 810 g/mol. The van der Waals surface area contributed by atoms with Crippen molar-refractivity contribution in [3.63, 3.8) is 0 Å². The van der Waals surface area contributed by atoms with Gasteiger partial charge < -0.3 is 16.0 Å². The van der Waals surface area contributed by atoms with E-state index < -0.39 is 15.0 Å². The molecule has 0 spiro atoms. The number of halogens is 2. The van der Waals surface area contributed by atoms with Gasteiger partial charge in [-0.05, 0) is 73.7 Å². The SMILES string of the molecule is CCC(=O)Nc1cccc(-c2nc(N=Nc3c(Nc4ccc(Cl)cc4)nc(Nc4ccc(Cl)c(S(=O)(=O)O)c4)c(C#N)c3C)sc2N=Nc2ccccc2)c1. The normalized spacial score (nSPS) is 11.5. The molecule has 0 bridgehead atoms. The molecule has 0 unspecified atom stereocenters. The van der Waals surface area contributed by atoms with Crippen molar-refractivity contribution in [2.45, 2.75) is 25.2 Å². The van der Waals surface area contributed by atoms with Crippen LogP contribution in [-0.4, -0.2) is 28.8 Å². The number of carbonyl (C=O) groups is 1. The number of aromatic nitrogens is 2. The number of nitrogens with zero attached hydrogens (tertiary/aromatic N) is 7. The Hall–Kier alpha value is -6.09. The highest BCUT2D eigenvalue weighted by Crippen LogP contribution is 2.43. The number of anilines is 5. The molecule has 2 aromatic heterocycles. The Morgan fingerprint density at radius 1 is 0.855 bits per heavy atom. The lowest BCUT2D eigenvalue weighted by atomic mass is 10.1. The van der Waals surface area contributed by atoms with Crippen LogP contribution in [0.15, 0.2) is 122 Å². The van der Waals surface area contributed by atoms with Crippen LogP contribution in [0.3, 0.4) is 0 Å². The Morgan fingerprint density at radius 2 is 1.58 bits per heavy atom. The van der Waals surface area contributed by atoms with E-state index in [4.69, 9.17) is 28.2 Å². The molecule has 4 aromatic carbocycles. The van der Waals surface area contributed by atoms with Crippen molar-refractivity contribution in [1.29, 1.82) is 5.26 Å². The van der Waals surface area contributed by atoms with E-state index in [9.17, 15) is 23.0 Å². The number of azo groups is 2. The number of rotatable bonds is 12. The van der Waals surface area contributed by atoms with Crippen molar-refractivity contribution < 1.29 is 17.8 Å². The Balaban J connectivity index is 1.44. The van der Waals surface area contributed by atoms with Crippen LogP contribution >= 0.6 is 34.5 Å². The number of hydrogen-bond donors (Lipinski definition) is 4. The number of pyridine rings is 1.